The number of ether oxygens (including phenoxy) is 1. The second-order valence-electron chi connectivity index (χ2n) is 4.49. The Morgan fingerprint density at radius 2 is 2.11 bits per heavy atom. The van der Waals surface area contributed by atoms with Crippen molar-refractivity contribution in [1.29, 1.82) is 0 Å². The Morgan fingerprint density at radius 1 is 1.37 bits per heavy atom. The Balaban J connectivity index is 1.83. The van der Waals surface area contributed by atoms with Gasteiger partial charge in [-0.15, -0.1) is 0 Å². The third-order valence-electron chi connectivity index (χ3n) is 2.90. The highest BCUT2D eigenvalue weighted by Gasteiger charge is 2.16. The van der Waals surface area contributed by atoms with Crippen molar-refractivity contribution in [1.82, 2.24) is 14.8 Å². The number of carbonyl (C=O) groups excluding carboxylic acids is 1. The van der Waals surface area contributed by atoms with Gasteiger partial charge in [0, 0.05) is 13.0 Å². The molecule has 0 saturated heterocycles. The minimum absolute atomic E-state index is 0.00391. The van der Waals surface area contributed by atoms with Crippen LogP contribution in [0.3, 0.4) is 0 Å². The number of esters is 1. The SMILES string of the molecule is CC(CC(=O)OCc1ccccc1)c1ncnn1C. The van der Waals surface area contributed by atoms with E-state index in [2.05, 4.69) is 10.1 Å². The largest absolute Gasteiger partial charge is 0.461 e. The molecule has 1 atom stereocenters. The highest BCUT2D eigenvalue weighted by atomic mass is 16.5. The molecule has 5 nitrogen and oxygen atoms in total. The van der Waals surface area contributed by atoms with Crippen molar-refractivity contribution in [2.75, 3.05) is 0 Å². The Bertz CT molecular complexity index is 537. The van der Waals surface area contributed by atoms with Gasteiger partial charge >= 0.3 is 5.97 Å². The highest BCUT2D eigenvalue weighted by Crippen LogP contribution is 2.16. The maximum atomic E-state index is 11.8. The zero-order chi connectivity index (χ0) is 13.7. The first kappa shape index (κ1) is 13.3. The fourth-order valence-electron chi connectivity index (χ4n) is 1.89. The molecule has 0 bridgehead atoms. The molecule has 1 unspecified atom stereocenters. The lowest BCUT2D eigenvalue weighted by molar-refractivity contribution is -0.145. The number of hydrogen-bond acceptors (Lipinski definition) is 4. The van der Waals surface area contributed by atoms with Crippen LogP contribution >= 0.6 is 0 Å². The number of rotatable bonds is 5. The lowest BCUT2D eigenvalue weighted by Gasteiger charge is -2.10. The van der Waals surface area contributed by atoms with Crippen LogP contribution < -0.4 is 0 Å². The van der Waals surface area contributed by atoms with E-state index in [1.807, 2.05) is 44.3 Å². The number of benzene rings is 1. The van der Waals surface area contributed by atoms with E-state index in [1.54, 1.807) is 4.68 Å². The molecule has 19 heavy (non-hydrogen) atoms. The van der Waals surface area contributed by atoms with Crippen LogP contribution in [0.4, 0.5) is 0 Å². The van der Waals surface area contributed by atoms with Crippen LogP contribution in [0.2, 0.25) is 0 Å². The van der Waals surface area contributed by atoms with Crippen LogP contribution in [-0.2, 0) is 23.2 Å². The first-order chi connectivity index (χ1) is 9.16. The summed E-state index contributed by atoms with van der Waals surface area (Å²) in [6, 6.07) is 9.64. The van der Waals surface area contributed by atoms with Crippen molar-refractivity contribution in [3.8, 4) is 0 Å². The van der Waals surface area contributed by atoms with E-state index in [0.29, 0.717) is 13.0 Å². The van der Waals surface area contributed by atoms with E-state index in [-0.39, 0.29) is 11.9 Å². The number of hydrogen-bond donors (Lipinski definition) is 0. The number of nitrogens with zero attached hydrogens (tertiary/aromatic N) is 3. The molecule has 0 aliphatic rings. The summed E-state index contributed by atoms with van der Waals surface area (Å²) in [5.41, 5.74) is 0.988. The Hall–Kier alpha value is -2.17. The maximum absolute atomic E-state index is 11.8. The first-order valence-electron chi connectivity index (χ1n) is 6.20. The van der Waals surface area contributed by atoms with Gasteiger partial charge in [-0.05, 0) is 5.56 Å². The van der Waals surface area contributed by atoms with Crippen molar-refractivity contribution in [3.63, 3.8) is 0 Å². The molecule has 0 aliphatic carbocycles. The summed E-state index contributed by atoms with van der Waals surface area (Å²) in [4.78, 5) is 15.9. The van der Waals surface area contributed by atoms with Crippen LogP contribution in [0, 0.1) is 0 Å². The molecule has 1 aromatic carbocycles. The number of carbonyl (C=O) groups is 1. The van der Waals surface area contributed by atoms with Crippen molar-refractivity contribution < 1.29 is 9.53 Å². The zero-order valence-electron chi connectivity index (χ0n) is 11.1. The molecule has 0 amide bonds. The van der Waals surface area contributed by atoms with E-state index in [4.69, 9.17) is 4.74 Å². The molecule has 0 aliphatic heterocycles. The van der Waals surface area contributed by atoms with Gasteiger partial charge < -0.3 is 4.74 Å². The summed E-state index contributed by atoms with van der Waals surface area (Å²) in [5, 5.41) is 3.99. The van der Waals surface area contributed by atoms with Crippen LogP contribution in [0.5, 0.6) is 0 Å². The molecular formula is C14H17N3O2. The highest BCUT2D eigenvalue weighted by molar-refractivity contribution is 5.70. The number of aromatic nitrogens is 3. The molecule has 0 spiro atoms. The van der Waals surface area contributed by atoms with E-state index in [0.717, 1.165) is 11.4 Å². The average molecular weight is 259 g/mol. The van der Waals surface area contributed by atoms with E-state index >= 15 is 0 Å². The molecule has 1 heterocycles. The lowest BCUT2D eigenvalue weighted by Crippen LogP contribution is -2.12. The molecule has 0 saturated carbocycles. The summed E-state index contributed by atoms with van der Waals surface area (Å²) in [7, 11) is 1.81. The fraction of sp³-hybridized carbons (Fsp3) is 0.357. The zero-order valence-corrected chi connectivity index (χ0v) is 11.1. The summed E-state index contributed by atoms with van der Waals surface area (Å²) in [6.45, 7) is 2.25. The van der Waals surface area contributed by atoms with Crippen molar-refractivity contribution in [3.05, 3.63) is 48.0 Å². The van der Waals surface area contributed by atoms with Gasteiger partial charge in [0.2, 0.25) is 0 Å². The van der Waals surface area contributed by atoms with Gasteiger partial charge in [-0.2, -0.15) is 5.10 Å². The van der Waals surface area contributed by atoms with Gasteiger partial charge in [0.1, 0.15) is 18.8 Å². The summed E-state index contributed by atoms with van der Waals surface area (Å²) < 4.78 is 6.92. The summed E-state index contributed by atoms with van der Waals surface area (Å²) >= 11 is 0. The molecule has 0 radical (unpaired) electrons. The molecule has 2 rings (SSSR count). The quantitative estimate of drug-likeness (QED) is 0.771. The fourth-order valence-corrected chi connectivity index (χ4v) is 1.89. The van der Waals surface area contributed by atoms with E-state index in [1.165, 1.54) is 6.33 Å². The predicted molar refractivity (Wildman–Crippen MR) is 70.3 cm³/mol. The third-order valence-corrected chi connectivity index (χ3v) is 2.90. The molecule has 5 heteroatoms. The minimum atomic E-state index is -0.223. The van der Waals surface area contributed by atoms with Gasteiger partial charge in [-0.1, -0.05) is 37.3 Å². The second kappa shape index (κ2) is 6.13. The first-order valence-corrected chi connectivity index (χ1v) is 6.20. The van der Waals surface area contributed by atoms with Crippen LogP contribution in [0.25, 0.3) is 0 Å². The van der Waals surface area contributed by atoms with Gasteiger partial charge in [-0.3, -0.25) is 9.48 Å². The van der Waals surface area contributed by atoms with Crippen molar-refractivity contribution >= 4 is 5.97 Å². The lowest BCUT2D eigenvalue weighted by atomic mass is 10.1. The minimum Gasteiger partial charge on any atom is -0.461 e. The molecule has 0 N–H and O–H groups in total. The molecule has 2 aromatic rings. The van der Waals surface area contributed by atoms with E-state index in [9.17, 15) is 4.79 Å². The Morgan fingerprint density at radius 3 is 2.74 bits per heavy atom. The van der Waals surface area contributed by atoms with Crippen molar-refractivity contribution in [2.45, 2.75) is 25.9 Å². The van der Waals surface area contributed by atoms with Gasteiger partial charge in [0.15, 0.2) is 0 Å². The molecular weight excluding hydrogens is 242 g/mol. The van der Waals surface area contributed by atoms with E-state index < -0.39 is 0 Å². The molecule has 0 fully saturated rings. The van der Waals surface area contributed by atoms with Gasteiger partial charge in [0.05, 0.1) is 6.42 Å². The monoisotopic (exact) mass is 259 g/mol. The third kappa shape index (κ3) is 3.64. The predicted octanol–water partition coefficient (Wildman–Crippen LogP) is 2.05. The Labute approximate surface area is 112 Å². The molecule has 100 valence electrons. The number of aryl methyl sites for hydroxylation is 1. The van der Waals surface area contributed by atoms with Gasteiger partial charge in [-0.25, -0.2) is 4.98 Å². The van der Waals surface area contributed by atoms with Gasteiger partial charge in [0.25, 0.3) is 0 Å². The summed E-state index contributed by atoms with van der Waals surface area (Å²) in [5.74, 6) is 0.562. The van der Waals surface area contributed by atoms with Crippen LogP contribution in [0.15, 0.2) is 36.7 Å². The topological polar surface area (TPSA) is 57.0 Å². The normalized spacial score (nSPS) is 12.1. The second-order valence-corrected chi connectivity index (χ2v) is 4.49. The average Bonchev–Trinajstić information content (AvgIpc) is 2.84. The van der Waals surface area contributed by atoms with Crippen molar-refractivity contribution in [2.24, 2.45) is 7.05 Å². The summed E-state index contributed by atoms with van der Waals surface area (Å²) in [6.07, 6.45) is 1.79. The standard InChI is InChI=1S/C14H17N3O2/c1-11(14-15-10-16-17(14)2)8-13(18)19-9-12-6-4-3-5-7-12/h3-7,10-11H,8-9H2,1-2H3. The Kier molecular flexibility index (Phi) is 4.28. The maximum Gasteiger partial charge on any atom is 0.306 e. The van der Waals surface area contributed by atoms with Crippen LogP contribution in [0.1, 0.15) is 30.7 Å². The smallest absolute Gasteiger partial charge is 0.306 e. The molecule has 1 aromatic heterocycles. The van der Waals surface area contributed by atoms with Crippen LogP contribution in [-0.4, -0.2) is 20.7 Å².